The highest BCUT2D eigenvalue weighted by molar-refractivity contribution is 5.78. The summed E-state index contributed by atoms with van der Waals surface area (Å²) in [6.07, 6.45) is 3.71. The smallest absolute Gasteiger partial charge is 0.226 e. The van der Waals surface area contributed by atoms with E-state index in [4.69, 9.17) is 0 Å². The molecule has 2 saturated heterocycles. The molecule has 2 aliphatic rings. The van der Waals surface area contributed by atoms with Gasteiger partial charge >= 0.3 is 0 Å². The molecule has 0 aromatic heterocycles. The molecule has 2 atom stereocenters. The van der Waals surface area contributed by atoms with Gasteiger partial charge in [-0.05, 0) is 32.4 Å². The largest absolute Gasteiger partial charge is 0.341 e. The molecule has 4 heteroatoms. The monoisotopic (exact) mass is 253 g/mol. The zero-order valence-electron chi connectivity index (χ0n) is 11.8. The number of rotatable bonds is 4. The maximum atomic E-state index is 12.4. The number of hydrogen-bond acceptors (Lipinski definition) is 3. The molecule has 18 heavy (non-hydrogen) atoms. The van der Waals surface area contributed by atoms with Crippen molar-refractivity contribution in [3.8, 4) is 0 Å². The molecule has 0 aromatic rings. The fraction of sp³-hybridized carbons (Fsp3) is 0.929. The van der Waals surface area contributed by atoms with Crippen molar-refractivity contribution in [3.63, 3.8) is 0 Å². The SMILES string of the molecule is CCNCC(C)C(=O)N1CCCN2CCCC2C1. The summed E-state index contributed by atoms with van der Waals surface area (Å²) in [5.74, 6) is 0.447. The molecule has 0 spiro atoms. The van der Waals surface area contributed by atoms with E-state index < -0.39 is 0 Å². The van der Waals surface area contributed by atoms with Crippen molar-refractivity contribution < 1.29 is 4.79 Å². The molecule has 0 bridgehead atoms. The van der Waals surface area contributed by atoms with Crippen LogP contribution in [0, 0.1) is 5.92 Å². The van der Waals surface area contributed by atoms with Crippen LogP contribution < -0.4 is 5.32 Å². The zero-order chi connectivity index (χ0) is 13.0. The van der Waals surface area contributed by atoms with Gasteiger partial charge in [0.25, 0.3) is 0 Å². The molecule has 2 aliphatic heterocycles. The van der Waals surface area contributed by atoms with Crippen molar-refractivity contribution in [3.05, 3.63) is 0 Å². The molecule has 2 heterocycles. The summed E-state index contributed by atoms with van der Waals surface area (Å²) in [6.45, 7) is 10.2. The van der Waals surface area contributed by atoms with Gasteiger partial charge in [0.05, 0.1) is 0 Å². The van der Waals surface area contributed by atoms with Gasteiger partial charge in [-0.2, -0.15) is 0 Å². The molecule has 0 aliphatic carbocycles. The van der Waals surface area contributed by atoms with Crippen molar-refractivity contribution in [1.29, 1.82) is 0 Å². The maximum Gasteiger partial charge on any atom is 0.226 e. The second-order valence-electron chi connectivity index (χ2n) is 5.68. The zero-order valence-corrected chi connectivity index (χ0v) is 11.8. The minimum absolute atomic E-state index is 0.109. The first-order valence-electron chi connectivity index (χ1n) is 7.46. The van der Waals surface area contributed by atoms with Gasteiger partial charge in [-0.3, -0.25) is 9.69 Å². The first-order chi connectivity index (χ1) is 8.72. The summed E-state index contributed by atoms with van der Waals surface area (Å²) < 4.78 is 0. The van der Waals surface area contributed by atoms with Crippen molar-refractivity contribution in [1.82, 2.24) is 15.1 Å². The van der Waals surface area contributed by atoms with Gasteiger partial charge in [-0.1, -0.05) is 13.8 Å². The Morgan fingerprint density at radius 1 is 1.33 bits per heavy atom. The van der Waals surface area contributed by atoms with Gasteiger partial charge in [-0.15, -0.1) is 0 Å². The van der Waals surface area contributed by atoms with Crippen molar-refractivity contribution in [2.45, 2.75) is 39.2 Å². The number of fused-ring (bicyclic) bond motifs is 1. The third-order valence-electron chi connectivity index (χ3n) is 4.24. The molecule has 2 rings (SSSR count). The first-order valence-corrected chi connectivity index (χ1v) is 7.46. The van der Waals surface area contributed by atoms with E-state index >= 15 is 0 Å². The average molecular weight is 253 g/mol. The van der Waals surface area contributed by atoms with E-state index in [0.717, 1.165) is 32.6 Å². The average Bonchev–Trinajstić information content (AvgIpc) is 2.72. The first kappa shape index (κ1) is 13.8. The van der Waals surface area contributed by atoms with Crippen molar-refractivity contribution in [2.75, 3.05) is 39.3 Å². The summed E-state index contributed by atoms with van der Waals surface area (Å²) in [4.78, 5) is 17.1. The molecule has 0 saturated carbocycles. The van der Waals surface area contributed by atoms with E-state index in [1.807, 2.05) is 6.92 Å². The van der Waals surface area contributed by atoms with Crippen LogP contribution in [-0.2, 0) is 4.79 Å². The predicted octanol–water partition coefficient (Wildman–Crippen LogP) is 0.929. The normalized spacial score (nSPS) is 26.8. The van der Waals surface area contributed by atoms with Crippen LogP contribution in [0.1, 0.15) is 33.1 Å². The molecule has 104 valence electrons. The number of nitrogens with one attached hydrogen (secondary N) is 1. The minimum Gasteiger partial charge on any atom is -0.341 e. The molecular formula is C14H27N3O. The summed E-state index contributed by atoms with van der Waals surface area (Å²) in [7, 11) is 0. The second kappa shape index (κ2) is 6.53. The summed E-state index contributed by atoms with van der Waals surface area (Å²) in [6, 6.07) is 0.628. The standard InChI is InChI=1S/C14H27N3O/c1-3-15-10-12(2)14(18)17-9-5-8-16-7-4-6-13(16)11-17/h12-13,15H,3-11H2,1-2H3. The Morgan fingerprint density at radius 2 is 2.11 bits per heavy atom. The molecule has 2 fully saturated rings. The third kappa shape index (κ3) is 3.23. The van der Waals surface area contributed by atoms with Crippen molar-refractivity contribution >= 4 is 5.91 Å². The Hall–Kier alpha value is -0.610. The van der Waals surface area contributed by atoms with Crippen LogP contribution in [0.25, 0.3) is 0 Å². The Kier molecular flexibility index (Phi) is 5.01. The number of nitrogens with zero attached hydrogens (tertiary/aromatic N) is 2. The highest BCUT2D eigenvalue weighted by Crippen LogP contribution is 2.22. The second-order valence-corrected chi connectivity index (χ2v) is 5.68. The molecular weight excluding hydrogens is 226 g/mol. The van der Waals surface area contributed by atoms with E-state index in [-0.39, 0.29) is 5.92 Å². The Morgan fingerprint density at radius 3 is 2.89 bits per heavy atom. The van der Waals surface area contributed by atoms with Gasteiger partial charge in [-0.25, -0.2) is 0 Å². The number of carbonyl (C=O) groups is 1. The number of hydrogen-bond donors (Lipinski definition) is 1. The van der Waals surface area contributed by atoms with E-state index in [2.05, 4.69) is 22.0 Å². The van der Waals surface area contributed by atoms with E-state index in [0.29, 0.717) is 11.9 Å². The van der Waals surface area contributed by atoms with Gasteiger partial charge in [0, 0.05) is 38.1 Å². The van der Waals surface area contributed by atoms with Crippen LogP contribution in [0.4, 0.5) is 0 Å². The maximum absolute atomic E-state index is 12.4. The van der Waals surface area contributed by atoms with Crippen LogP contribution in [0.3, 0.4) is 0 Å². The van der Waals surface area contributed by atoms with Gasteiger partial charge in [0.15, 0.2) is 0 Å². The van der Waals surface area contributed by atoms with Gasteiger partial charge in [0.1, 0.15) is 0 Å². The van der Waals surface area contributed by atoms with Crippen LogP contribution >= 0.6 is 0 Å². The lowest BCUT2D eigenvalue weighted by atomic mass is 10.1. The van der Waals surface area contributed by atoms with E-state index in [1.54, 1.807) is 0 Å². The van der Waals surface area contributed by atoms with E-state index in [9.17, 15) is 4.79 Å². The quantitative estimate of drug-likeness (QED) is 0.809. The molecule has 1 N–H and O–H groups in total. The van der Waals surface area contributed by atoms with Crippen molar-refractivity contribution in [2.24, 2.45) is 5.92 Å². The molecule has 0 aromatic carbocycles. The predicted molar refractivity (Wildman–Crippen MR) is 73.5 cm³/mol. The highest BCUT2D eigenvalue weighted by atomic mass is 16.2. The van der Waals surface area contributed by atoms with Crippen LogP contribution in [0.2, 0.25) is 0 Å². The lowest BCUT2D eigenvalue weighted by Crippen LogP contribution is -2.43. The van der Waals surface area contributed by atoms with Crippen LogP contribution in [0.15, 0.2) is 0 Å². The minimum atomic E-state index is 0.109. The Balaban J connectivity index is 1.89. The van der Waals surface area contributed by atoms with Gasteiger partial charge in [0.2, 0.25) is 5.91 Å². The fourth-order valence-electron chi connectivity index (χ4n) is 3.17. The topological polar surface area (TPSA) is 35.6 Å². The van der Waals surface area contributed by atoms with E-state index in [1.165, 1.54) is 25.9 Å². The van der Waals surface area contributed by atoms with Gasteiger partial charge < -0.3 is 10.2 Å². The summed E-state index contributed by atoms with van der Waals surface area (Å²) in [5.41, 5.74) is 0. The lowest BCUT2D eigenvalue weighted by Gasteiger charge is -2.28. The lowest BCUT2D eigenvalue weighted by molar-refractivity contribution is -0.135. The molecule has 2 unspecified atom stereocenters. The van der Waals surface area contributed by atoms with Crippen LogP contribution in [0.5, 0.6) is 0 Å². The number of carbonyl (C=O) groups excluding carboxylic acids is 1. The van der Waals surface area contributed by atoms with Crippen LogP contribution in [-0.4, -0.2) is 61.0 Å². The molecule has 0 radical (unpaired) electrons. The fourth-order valence-corrected chi connectivity index (χ4v) is 3.17. The summed E-state index contributed by atoms with van der Waals surface area (Å²) >= 11 is 0. The Labute approximate surface area is 111 Å². The summed E-state index contributed by atoms with van der Waals surface area (Å²) in [5, 5.41) is 3.27. The molecule has 4 nitrogen and oxygen atoms in total. The number of amides is 1. The Bertz CT molecular complexity index is 282. The molecule has 1 amide bonds. The third-order valence-corrected chi connectivity index (χ3v) is 4.24. The highest BCUT2D eigenvalue weighted by Gasteiger charge is 2.31.